The van der Waals surface area contributed by atoms with Crippen molar-refractivity contribution in [1.29, 1.82) is 0 Å². The smallest absolute Gasteiger partial charge is 0.336 e. The van der Waals surface area contributed by atoms with Crippen LogP contribution in [-0.4, -0.2) is 6.73 Å². The molecule has 0 spiro atoms. The van der Waals surface area contributed by atoms with Crippen molar-refractivity contribution in [3.8, 4) is 5.75 Å². The van der Waals surface area contributed by atoms with Crippen LogP contribution in [0.25, 0.3) is 11.0 Å². The molecule has 0 aliphatic carbocycles. The fourth-order valence-electron chi connectivity index (χ4n) is 3.63. The summed E-state index contributed by atoms with van der Waals surface area (Å²) in [5, 5.41) is 1.01. The van der Waals surface area contributed by atoms with E-state index < -0.39 is 0 Å². The van der Waals surface area contributed by atoms with E-state index in [1.807, 2.05) is 18.2 Å². The third-order valence-electron chi connectivity index (χ3n) is 5.17. The molecule has 25 heavy (non-hydrogen) atoms. The van der Waals surface area contributed by atoms with E-state index in [2.05, 4.69) is 38.1 Å². The number of aryl methyl sites for hydroxylation is 1. The summed E-state index contributed by atoms with van der Waals surface area (Å²) in [6.07, 6.45) is 0.804. The largest absolute Gasteiger partial charge is 0.445 e. The summed E-state index contributed by atoms with van der Waals surface area (Å²) in [5.41, 5.74) is 3.69. The van der Waals surface area contributed by atoms with E-state index in [-0.39, 0.29) is 5.63 Å². The van der Waals surface area contributed by atoms with Gasteiger partial charge < -0.3 is 9.15 Å². The standard InChI is InChI=1S/C21H21NO3/c1-3-15-11-20(23)25-21-17(15)9-10-19-18(21)12-22(13-24-19)14(2)16-7-5-4-6-8-16/h4-11,14H,3,12-13H2,1-2H3/p+1/t14-/m0/s1. The molecule has 2 heterocycles. The number of quaternary nitrogens is 1. The van der Waals surface area contributed by atoms with E-state index in [0.29, 0.717) is 18.4 Å². The fraction of sp³-hybridized carbons (Fsp3) is 0.286. The molecule has 0 saturated carbocycles. The summed E-state index contributed by atoms with van der Waals surface area (Å²) in [5.74, 6) is 0.827. The number of ether oxygens (including phenoxy) is 1. The van der Waals surface area contributed by atoms with Gasteiger partial charge >= 0.3 is 5.63 Å². The monoisotopic (exact) mass is 336 g/mol. The molecule has 0 saturated heterocycles. The normalized spacial score (nSPS) is 17.8. The van der Waals surface area contributed by atoms with Gasteiger partial charge in [-0.15, -0.1) is 0 Å². The van der Waals surface area contributed by atoms with E-state index >= 15 is 0 Å². The minimum absolute atomic E-state index is 0.291. The lowest BCUT2D eigenvalue weighted by molar-refractivity contribution is -0.960. The van der Waals surface area contributed by atoms with E-state index in [4.69, 9.17) is 9.15 Å². The molecule has 1 aromatic heterocycles. The van der Waals surface area contributed by atoms with Gasteiger partial charge in [0.15, 0.2) is 5.58 Å². The molecule has 0 bridgehead atoms. The van der Waals surface area contributed by atoms with Gasteiger partial charge in [-0.25, -0.2) is 4.79 Å². The van der Waals surface area contributed by atoms with Crippen molar-refractivity contribution in [3.05, 3.63) is 75.6 Å². The molecule has 0 amide bonds. The second-order valence-corrected chi connectivity index (χ2v) is 6.62. The van der Waals surface area contributed by atoms with Crippen LogP contribution in [0.1, 0.15) is 36.6 Å². The molecule has 4 nitrogen and oxygen atoms in total. The third kappa shape index (κ3) is 2.83. The topological polar surface area (TPSA) is 43.9 Å². The number of nitrogens with one attached hydrogen (secondary N) is 1. The van der Waals surface area contributed by atoms with Crippen molar-refractivity contribution in [3.63, 3.8) is 0 Å². The van der Waals surface area contributed by atoms with Crippen molar-refractivity contribution in [2.45, 2.75) is 32.9 Å². The van der Waals surface area contributed by atoms with Gasteiger partial charge in [-0.05, 0) is 31.0 Å². The van der Waals surface area contributed by atoms with Crippen molar-refractivity contribution in [2.75, 3.05) is 6.73 Å². The van der Waals surface area contributed by atoms with Crippen molar-refractivity contribution in [2.24, 2.45) is 0 Å². The molecular formula is C21H22NO3+. The van der Waals surface area contributed by atoms with Crippen LogP contribution in [0.5, 0.6) is 5.75 Å². The summed E-state index contributed by atoms with van der Waals surface area (Å²) in [6, 6.07) is 16.3. The zero-order chi connectivity index (χ0) is 17.4. The Morgan fingerprint density at radius 3 is 2.72 bits per heavy atom. The number of fused-ring (bicyclic) bond motifs is 3. The molecule has 2 aromatic carbocycles. The van der Waals surface area contributed by atoms with Crippen LogP contribution >= 0.6 is 0 Å². The number of hydrogen-bond donors (Lipinski definition) is 1. The summed E-state index contributed by atoms with van der Waals surface area (Å²) < 4.78 is 11.6. The Kier molecular flexibility index (Phi) is 4.06. The summed E-state index contributed by atoms with van der Waals surface area (Å²) in [7, 11) is 0. The predicted molar refractivity (Wildman–Crippen MR) is 96.9 cm³/mol. The molecule has 0 fully saturated rings. The Hall–Kier alpha value is -2.59. The summed E-state index contributed by atoms with van der Waals surface area (Å²) >= 11 is 0. The van der Waals surface area contributed by atoms with Gasteiger partial charge in [-0.1, -0.05) is 37.3 Å². The molecule has 4 rings (SSSR count). The number of benzene rings is 2. The first-order chi connectivity index (χ1) is 12.2. The SMILES string of the molecule is CCc1cc(=O)oc2c3c(ccc12)OC[NH+]([C@@H](C)c1ccccc1)C3. The van der Waals surface area contributed by atoms with E-state index in [1.165, 1.54) is 10.5 Å². The lowest BCUT2D eigenvalue weighted by Gasteiger charge is -2.31. The molecule has 1 N–H and O–H groups in total. The zero-order valence-corrected chi connectivity index (χ0v) is 14.5. The molecule has 2 atom stereocenters. The van der Waals surface area contributed by atoms with Crippen LogP contribution in [0.2, 0.25) is 0 Å². The average molecular weight is 336 g/mol. The maximum absolute atomic E-state index is 12.0. The summed E-state index contributed by atoms with van der Waals surface area (Å²) in [4.78, 5) is 13.3. The number of hydrogen-bond acceptors (Lipinski definition) is 3. The Labute approximate surface area is 146 Å². The molecule has 1 aliphatic rings. The molecule has 0 radical (unpaired) electrons. The number of rotatable bonds is 3. The second-order valence-electron chi connectivity index (χ2n) is 6.62. The highest BCUT2D eigenvalue weighted by Gasteiger charge is 2.29. The first-order valence-corrected chi connectivity index (χ1v) is 8.78. The Bertz CT molecular complexity index is 962. The molecule has 1 aliphatic heterocycles. The van der Waals surface area contributed by atoms with Crippen molar-refractivity contribution >= 4 is 11.0 Å². The highest BCUT2D eigenvalue weighted by Crippen LogP contribution is 2.30. The van der Waals surface area contributed by atoms with E-state index in [0.717, 1.165) is 35.2 Å². The van der Waals surface area contributed by atoms with Crippen LogP contribution in [0, 0.1) is 0 Å². The Morgan fingerprint density at radius 1 is 1.16 bits per heavy atom. The molecular weight excluding hydrogens is 314 g/mol. The molecule has 3 aromatic rings. The maximum atomic E-state index is 12.0. The molecule has 1 unspecified atom stereocenters. The van der Waals surface area contributed by atoms with Crippen LogP contribution < -0.4 is 15.3 Å². The first-order valence-electron chi connectivity index (χ1n) is 8.78. The highest BCUT2D eigenvalue weighted by atomic mass is 16.5. The maximum Gasteiger partial charge on any atom is 0.336 e. The van der Waals surface area contributed by atoms with Crippen LogP contribution in [0.15, 0.2) is 57.7 Å². The first kappa shape index (κ1) is 15.9. The van der Waals surface area contributed by atoms with Gasteiger partial charge in [0.25, 0.3) is 0 Å². The third-order valence-corrected chi connectivity index (χ3v) is 5.17. The van der Waals surface area contributed by atoms with Crippen LogP contribution in [-0.2, 0) is 13.0 Å². The zero-order valence-electron chi connectivity index (χ0n) is 14.5. The second kappa shape index (κ2) is 6.37. The van der Waals surface area contributed by atoms with Gasteiger partial charge in [0.1, 0.15) is 18.3 Å². The van der Waals surface area contributed by atoms with Gasteiger partial charge in [0.05, 0.1) is 5.56 Å². The molecule has 4 heteroatoms. The van der Waals surface area contributed by atoms with Gasteiger partial charge in [-0.3, -0.25) is 4.90 Å². The van der Waals surface area contributed by atoms with Gasteiger partial charge in [-0.2, -0.15) is 0 Å². The van der Waals surface area contributed by atoms with Gasteiger partial charge in [0.2, 0.25) is 6.73 Å². The Morgan fingerprint density at radius 2 is 1.96 bits per heavy atom. The van der Waals surface area contributed by atoms with Crippen LogP contribution in [0.4, 0.5) is 0 Å². The van der Waals surface area contributed by atoms with E-state index in [9.17, 15) is 4.79 Å². The van der Waals surface area contributed by atoms with Crippen molar-refractivity contribution < 1.29 is 14.1 Å². The van der Waals surface area contributed by atoms with E-state index in [1.54, 1.807) is 6.07 Å². The lowest BCUT2D eigenvalue weighted by atomic mass is 10.0. The lowest BCUT2D eigenvalue weighted by Crippen LogP contribution is -3.12. The van der Waals surface area contributed by atoms with Crippen molar-refractivity contribution in [1.82, 2.24) is 0 Å². The van der Waals surface area contributed by atoms with Gasteiger partial charge in [0, 0.05) is 17.0 Å². The minimum Gasteiger partial charge on any atom is -0.445 e. The Balaban J connectivity index is 1.77. The highest BCUT2D eigenvalue weighted by molar-refractivity contribution is 5.85. The fourth-order valence-corrected chi connectivity index (χ4v) is 3.63. The summed E-state index contributed by atoms with van der Waals surface area (Å²) in [6.45, 7) is 5.64. The quantitative estimate of drug-likeness (QED) is 0.748. The minimum atomic E-state index is -0.291. The average Bonchev–Trinajstić information content (AvgIpc) is 2.66. The molecule has 128 valence electrons. The predicted octanol–water partition coefficient (Wildman–Crippen LogP) is 2.85. The van der Waals surface area contributed by atoms with Crippen LogP contribution in [0.3, 0.4) is 0 Å².